The molecular formula is C18H26N2O. The second-order valence-electron chi connectivity index (χ2n) is 6.11. The highest BCUT2D eigenvalue weighted by Gasteiger charge is 2.33. The van der Waals surface area contributed by atoms with Gasteiger partial charge in [0.2, 0.25) is 0 Å². The van der Waals surface area contributed by atoms with Crippen LogP contribution < -0.4 is 5.32 Å². The summed E-state index contributed by atoms with van der Waals surface area (Å²) in [5, 5.41) is 13.1. The Hall–Kier alpha value is -1.37. The van der Waals surface area contributed by atoms with Crippen LogP contribution in [0.4, 0.5) is 0 Å². The largest absolute Gasteiger partial charge is 0.375 e. The fourth-order valence-electron chi connectivity index (χ4n) is 3.04. The first-order valence-corrected chi connectivity index (χ1v) is 8.03. The molecule has 1 aromatic rings. The van der Waals surface area contributed by atoms with Crippen molar-refractivity contribution in [2.75, 3.05) is 13.2 Å². The quantitative estimate of drug-likeness (QED) is 0.869. The van der Waals surface area contributed by atoms with Crippen LogP contribution in [0, 0.1) is 17.2 Å². The first kappa shape index (κ1) is 16.0. The second-order valence-corrected chi connectivity index (χ2v) is 6.11. The maximum absolute atomic E-state index is 9.74. The predicted molar refractivity (Wildman–Crippen MR) is 84.8 cm³/mol. The standard InChI is InChI=1S/C18H26N2O/c1-3-20-18(13-19,16-7-5-4-6-8-16)14-21-17-11-9-15(2)10-12-17/h4-8,15,17,20H,3,9-12,14H2,1-2H3. The van der Waals surface area contributed by atoms with Crippen LogP contribution in [0.1, 0.15) is 45.1 Å². The molecule has 21 heavy (non-hydrogen) atoms. The molecular weight excluding hydrogens is 260 g/mol. The summed E-state index contributed by atoms with van der Waals surface area (Å²) in [5.74, 6) is 0.813. The van der Waals surface area contributed by atoms with Crippen molar-refractivity contribution < 1.29 is 4.74 Å². The smallest absolute Gasteiger partial charge is 0.155 e. The second kappa shape index (κ2) is 7.59. The summed E-state index contributed by atoms with van der Waals surface area (Å²) < 4.78 is 6.11. The van der Waals surface area contributed by atoms with E-state index in [1.807, 2.05) is 37.3 Å². The van der Waals surface area contributed by atoms with E-state index in [2.05, 4.69) is 18.3 Å². The van der Waals surface area contributed by atoms with Crippen LogP contribution in [0.25, 0.3) is 0 Å². The van der Waals surface area contributed by atoms with Crippen molar-refractivity contribution in [2.45, 2.75) is 51.2 Å². The van der Waals surface area contributed by atoms with Gasteiger partial charge in [-0.15, -0.1) is 0 Å². The molecule has 1 aromatic carbocycles. The monoisotopic (exact) mass is 286 g/mol. The van der Waals surface area contributed by atoms with E-state index in [-0.39, 0.29) is 0 Å². The van der Waals surface area contributed by atoms with Gasteiger partial charge in [-0.05, 0) is 43.7 Å². The van der Waals surface area contributed by atoms with Crippen LogP contribution in [0.2, 0.25) is 0 Å². The van der Waals surface area contributed by atoms with Crippen molar-refractivity contribution >= 4 is 0 Å². The van der Waals surface area contributed by atoms with Gasteiger partial charge >= 0.3 is 0 Å². The molecule has 1 fully saturated rings. The van der Waals surface area contributed by atoms with E-state index in [1.165, 1.54) is 12.8 Å². The average Bonchev–Trinajstić information content (AvgIpc) is 2.54. The molecule has 1 unspecified atom stereocenters. The van der Waals surface area contributed by atoms with Crippen molar-refractivity contribution in [2.24, 2.45) is 5.92 Å². The minimum absolute atomic E-state index is 0.302. The Morgan fingerprint density at radius 3 is 2.48 bits per heavy atom. The summed E-state index contributed by atoms with van der Waals surface area (Å²) in [6, 6.07) is 12.4. The lowest BCUT2D eigenvalue weighted by atomic mass is 9.88. The molecule has 3 heteroatoms. The van der Waals surface area contributed by atoms with Gasteiger partial charge in [-0.25, -0.2) is 0 Å². The van der Waals surface area contributed by atoms with Crippen LogP contribution >= 0.6 is 0 Å². The fourth-order valence-corrected chi connectivity index (χ4v) is 3.04. The molecule has 0 spiro atoms. The number of likely N-dealkylation sites (N-methyl/N-ethyl adjacent to an activating group) is 1. The van der Waals surface area contributed by atoms with Crippen LogP contribution in [-0.4, -0.2) is 19.3 Å². The third-order valence-corrected chi connectivity index (χ3v) is 4.43. The highest BCUT2D eigenvalue weighted by Crippen LogP contribution is 2.28. The van der Waals surface area contributed by atoms with Gasteiger partial charge in [0.15, 0.2) is 5.54 Å². The van der Waals surface area contributed by atoms with E-state index in [1.54, 1.807) is 0 Å². The maximum atomic E-state index is 9.74. The van der Waals surface area contributed by atoms with Crippen molar-refractivity contribution in [1.29, 1.82) is 5.26 Å². The Bertz CT molecular complexity index is 460. The number of ether oxygens (including phenoxy) is 1. The molecule has 0 heterocycles. The molecule has 1 saturated carbocycles. The van der Waals surface area contributed by atoms with E-state index in [0.717, 1.165) is 30.9 Å². The van der Waals surface area contributed by atoms with E-state index < -0.39 is 5.54 Å². The summed E-state index contributed by atoms with van der Waals surface area (Å²) in [7, 11) is 0. The molecule has 1 aliphatic rings. The summed E-state index contributed by atoms with van der Waals surface area (Å²) in [4.78, 5) is 0. The van der Waals surface area contributed by atoms with Crippen molar-refractivity contribution in [3.05, 3.63) is 35.9 Å². The molecule has 0 aliphatic heterocycles. The SMILES string of the molecule is CCNC(C#N)(COC1CCC(C)CC1)c1ccccc1. The van der Waals surface area contributed by atoms with Crippen LogP contribution in [0.5, 0.6) is 0 Å². The molecule has 0 amide bonds. The Balaban J connectivity index is 2.05. The van der Waals surface area contributed by atoms with Gasteiger partial charge in [0.05, 0.1) is 18.8 Å². The van der Waals surface area contributed by atoms with Gasteiger partial charge in [0, 0.05) is 0 Å². The lowest BCUT2D eigenvalue weighted by Gasteiger charge is -2.32. The molecule has 0 aromatic heterocycles. The van der Waals surface area contributed by atoms with E-state index in [9.17, 15) is 5.26 Å². The van der Waals surface area contributed by atoms with Gasteiger partial charge in [-0.2, -0.15) is 5.26 Å². The average molecular weight is 286 g/mol. The highest BCUT2D eigenvalue weighted by molar-refractivity contribution is 5.31. The molecule has 0 bridgehead atoms. The van der Waals surface area contributed by atoms with Gasteiger partial charge in [-0.3, -0.25) is 5.32 Å². The molecule has 0 saturated heterocycles. The van der Waals surface area contributed by atoms with Gasteiger partial charge < -0.3 is 4.74 Å². The topological polar surface area (TPSA) is 45.0 Å². The minimum atomic E-state index is -0.737. The Kier molecular flexibility index (Phi) is 5.78. The molecule has 114 valence electrons. The molecule has 0 radical (unpaired) electrons. The fraction of sp³-hybridized carbons (Fsp3) is 0.611. The summed E-state index contributed by atoms with van der Waals surface area (Å²) in [6.07, 6.45) is 5.00. The summed E-state index contributed by atoms with van der Waals surface area (Å²) >= 11 is 0. The van der Waals surface area contributed by atoms with Crippen LogP contribution in [0.15, 0.2) is 30.3 Å². The van der Waals surface area contributed by atoms with Crippen molar-refractivity contribution in [3.8, 4) is 6.07 Å². The number of nitrogens with zero attached hydrogens (tertiary/aromatic N) is 1. The third-order valence-electron chi connectivity index (χ3n) is 4.43. The Morgan fingerprint density at radius 1 is 1.24 bits per heavy atom. The third kappa shape index (κ3) is 4.06. The summed E-state index contributed by atoms with van der Waals surface area (Å²) in [5.41, 5.74) is 0.248. The predicted octanol–water partition coefficient (Wildman–Crippen LogP) is 3.61. The number of hydrogen-bond acceptors (Lipinski definition) is 3. The number of rotatable bonds is 6. The number of benzene rings is 1. The van der Waals surface area contributed by atoms with Crippen molar-refractivity contribution in [1.82, 2.24) is 5.32 Å². The van der Waals surface area contributed by atoms with Gasteiger partial charge in [0.25, 0.3) is 0 Å². The molecule has 1 atom stereocenters. The van der Waals surface area contributed by atoms with Crippen molar-refractivity contribution in [3.63, 3.8) is 0 Å². The molecule has 1 aliphatic carbocycles. The zero-order valence-corrected chi connectivity index (χ0v) is 13.1. The van der Waals surface area contributed by atoms with Crippen LogP contribution in [-0.2, 0) is 10.3 Å². The normalized spacial score (nSPS) is 25.0. The number of nitrogens with one attached hydrogen (secondary N) is 1. The lowest BCUT2D eigenvalue weighted by molar-refractivity contribution is -0.00442. The number of nitriles is 1. The Morgan fingerprint density at radius 2 is 1.90 bits per heavy atom. The summed E-state index contributed by atoms with van der Waals surface area (Å²) in [6.45, 7) is 5.49. The molecule has 2 rings (SSSR count). The molecule has 3 nitrogen and oxygen atoms in total. The molecule has 1 N–H and O–H groups in total. The minimum Gasteiger partial charge on any atom is -0.375 e. The van der Waals surface area contributed by atoms with Crippen LogP contribution in [0.3, 0.4) is 0 Å². The van der Waals surface area contributed by atoms with E-state index >= 15 is 0 Å². The zero-order chi connectivity index (χ0) is 15.1. The maximum Gasteiger partial charge on any atom is 0.155 e. The van der Waals surface area contributed by atoms with E-state index in [0.29, 0.717) is 12.7 Å². The zero-order valence-electron chi connectivity index (χ0n) is 13.1. The van der Waals surface area contributed by atoms with E-state index in [4.69, 9.17) is 4.74 Å². The highest BCUT2D eigenvalue weighted by atomic mass is 16.5. The lowest BCUT2D eigenvalue weighted by Crippen LogP contribution is -2.46. The van der Waals surface area contributed by atoms with Gasteiger partial charge in [-0.1, -0.05) is 44.2 Å². The van der Waals surface area contributed by atoms with Gasteiger partial charge in [0.1, 0.15) is 0 Å². The first-order valence-electron chi connectivity index (χ1n) is 8.03. The first-order chi connectivity index (χ1) is 10.2. The Labute approximate surface area is 128 Å². The number of hydrogen-bond donors (Lipinski definition) is 1.